The summed E-state index contributed by atoms with van der Waals surface area (Å²) in [5, 5.41) is 13.5. The zero-order valence-corrected chi connectivity index (χ0v) is 14.3. The summed E-state index contributed by atoms with van der Waals surface area (Å²) in [7, 11) is 0. The molecular formula is C18H23N5O2. The van der Waals surface area contributed by atoms with Gasteiger partial charge in [-0.25, -0.2) is 9.78 Å². The summed E-state index contributed by atoms with van der Waals surface area (Å²) in [5.41, 5.74) is 1.03. The first-order valence-corrected chi connectivity index (χ1v) is 8.82. The van der Waals surface area contributed by atoms with Gasteiger partial charge < -0.3 is 15.4 Å². The van der Waals surface area contributed by atoms with Gasteiger partial charge in [-0.1, -0.05) is 6.07 Å². The van der Waals surface area contributed by atoms with Crippen LogP contribution in [0.5, 0.6) is 0 Å². The molecule has 7 nitrogen and oxygen atoms in total. The number of aromatic amines is 1. The van der Waals surface area contributed by atoms with E-state index in [-0.39, 0.29) is 17.7 Å². The number of hydrogen-bond donors (Lipinski definition) is 3. The molecule has 2 aliphatic carbocycles. The predicted molar refractivity (Wildman–Crippen MR) is 93.7 cm³/mol. The van der Waals surface area contributed by atoms with Crippen LogP contribution in [0, 0.1) is 0 Å². The Kier molecular flexibility index (Phi) is 4.07. The van der Waals surface area contributed by atoms with Gasteiger partial charge in [-0.3, -0.25) is 5.10 Å². The van der Waals surface area contributed by atoms with E-state index in [4.69, 9.17) is 4.74 Å². The van der Waals surface area contributed by atoms with Crippen molar-refractivity contribution in [3.05, 3.63) is 36.2 Å². The highest BCUT2D eigenvalue weighted by atomic mass is 16.6. The number of nitrogens with zero attached hydrogens (tertiary/aromatic N) is 2. The van der Waals surface area contributed by atoms with Gasteiger partial charge in [-0.2, -0.15) is 5.10 Å². The van der Waals surface area contributed by atoms with E-state index in [9.17, 15) is 4.79 Å². The second-order valence-electron chi connectivity index (χ2n) is 7.27. The largest absolute Gasteiger partial charge is 0.446 e. The molecular weight excluding hydrogens is 318 g/mol. The number of amides is 1. The Hall–Kier alpha value is -2.57. The zero-order chi connectivity index (χ0) is 17.3. The number of carbonyl (C=O) groups excluding carboxylic acids is 1. The van der Waals surface area contributed by atoms with E-state index in [1.54, 1.807) is 6.20 Å². The Morgan fingerprint density at radius 2 is 2.20 bits per heavy atom. The van der Waals surface area contributed by atoms with E-state index in [0.29, 0.717) is 5.92 Å². The number of aromatic nitrogens is 3. The highest BCUT2D eigenvalue weighted by Gasteiger charge is 2.40. The zero-order valence-electron chi connectivity index (χ0n) is 14.3. The van der Waals surface area contributed by atoms with E-state index in [1.807, 2.05) is 31.2 Å². The van der Waals surface area contributed by atoms with Crippen molar-refractivity contribution in [2.75, 3.05) is 5.32 Å². The van der Waals surface area contributed by atoms with Gasteiger partial charge in [-0.05, 0) is 51.2 Å². The Morgan fingerprint density at radius 1 is 1.32 bits per heavy atom. The minimum atomic E-state index is -0.284. The van der Waals surface area contributed by atoms with Crippen LogP contribution in [-0.4, -0.2) is 32.9 Å². The second-order valence-corrected chi connectivity index (χ2v) is 7.27. The molecule has 2 aromatic rings. The maximum Gasteiger partial charge on any atom is 0.407 e. The van der Waals surface area contributed by atoms with Crippen LogP contribution in [0.15, 0.2) is 30.5 Å². The van der Waals surface area contributed by atoms with Crippen molar-refractivity contribution in [2.24, 2.45) is 0 Å². The quantitative estimate of drug-likeness (QED) is 0.774. The van der Waals surface area contributed by atoms with Crippen molar-refractivity contribution in [3.8, 4) is 0 Å². The van der Waals surface area contributed by atoms with Crippen molar-refractivity contribution in [1.29, 1.82) is 0 Å². The lowest BCUT2D eigenvalue weighted by Gasteiger charge is -2.16. The number of nitrogens with one attached hydrogen (secondary N) is 3. The molecule has 0 bridgehead atoms. The van der Waals surface area contributed by atoms with E-state index in [1.165, 1.54) is 0 Å². The summed E-state index contributed by atoms with van der Waals surface area (Å²) in [5.74, 6) is 1.84. The molecule has 7 heteroatoms. The molecule has 0 radical (unpaired) electrons. The van der Waals surface area contributed by atoms with Crippen LogP contribution in [0.4, 0.5) is 16.4 Å². The monoisotopic (exact) mass is 341 g/mol. The van der Waals surface area contributed by atoms with Crippen molar-refractivity contribution < 1.29 is 9.53 Å². The molecule has 2 fully saturated rings. The van der Waals surface area contributed by atoms with Crippen LogP contribution in [0.3, 0.4) is 0 Å². The third kappa shape index (κ3) is 3.92. The van der Waals surface area contributed by atoms with E-state index < -0.39 is 0 Å². The average Bonchev–Trinajstić information content (AvgIpc) is 3.00. The minimum Gasteiger partial charge on any atom is -0.446 e. The van der Waals surface area contributed by atoms with Gasteiger partial charge in [0.1, 0.15) is 11.9 Å². The number of H-pyrrole nitrogens is 1. The number of ether oxygens (including phenoxy) is 1. The number of rotatable bonds is 5. The molecule has 2 aromatic heterocycles. The van der Waals surface area contributed by atoms with Crippen LogP contribution in [0.25, 0.3) is 0 Å². The van der Waals surface area contributed by atoms with E-state index >= 15 is 0 Å². The van der Waals surface area contributed by atoms with E-state index in [0.717, 1.165) is 49.4 Å². The summed E-state index contributed by atoms with van der Waals surface area (Å²) in [4.78, 5) is 16.2. The Bertz CT molecular complexity index is 741. The van der Waals surface area contributed by atoms with Gasteiger partial charge in [0.25, 0.3) is 0 Å². The molecule has 132 valence electrons. The number of hydrogen-bond acceptors (Lipinski definition) is 5. The first-order valence-electron chi connectivity index (χ1n) is 8.82. The Morgan fingerprint density at radius 3 is 2.96 bits per heavy atom. The molecule has 2 atom stereocenters. The molecule has 2 unspecified atom stereocenters. The minimum absolute atomic E-state index is 0.0251. The molecule has 0 aliphatic heterocycles. The lowest BCUT2D eigenvalue weighted by atomic mass is 10.0. The first kappa shape index (κ1) is 15.9. The number of pyridine rings is 1. The average molecular weight is 341 g/mol. The third-order valence-electron chi connectivity index (χ3n) is 5.02. The molecule has 0 spiro atoms. The standard InChI is InChI=1S/C18H23N5O2/c1-18(7-8-18)21-17(24)25-13-6-5-12(10-13)14-11-16(23-22-14)20-15-4-2-3-9-19-15/h2-4,9,11-13H,5-8,10H2,1H3,(H,21,24)(H2,19,20,22,23). The van der Waals surface area contributed by atoms with Crippen LogP contribution in [-0.2, 0) is 4.74 Å². The van der Waals surface area contributed by atoms with E-state index in [2.05, 4.69) is 25.8 Å². The molecule has 0 saturated heterocycles. The SMILES string of the molecule is CC1(NC(=O)OC2CCC(c3cc(Nc4ccccn4)n[nH]3)C2)CC1. The summed E-state index contributed by atoms with van der Waals surface area (Å²) >= 11 is 0. The molecule has 1 amide bonds. The van der Waals surface area contributed by atoms with Crippen LogP contribution >= 0.6 is 0 Å². The molecule has 2 heterocycles. The third-order valence-corrected chi connectivity index (χ3v) is 5.02. The van der Waals surface area contributed by atoms with Gasteiger partial charge in [0, 0.05) is 29.4 Å². The maximum absolute atomic E-state index is 11.9. The van der Waals surface area contributed by atoms with Gasteiger partial charge >= 0.3 is 6.09 Å². The Labute approximate surface area is 146 Å². The number of alkyl carbamates (subject to hydrolysis) is 1. The summed E-state index contributed by atoms with van der Waals surface area (Å²) < 4.78 is 5.57. The van der Waals surface area contributed by atoms with Crippen molar-refractivity contribution in [1.82, 2.24) is 20.5 Å². The molecule has 2 saturated carbocycles. The van der Waals surface area contributed by atoms with Gasteiger partial charge in [-0.15, -0.1) is 0 Å². The first-order chi connectivity index (χ1) is 12.1. The smallest absolute Gasteiger partial charge is 0.407 e. The van der Waals surface area contributed by atoms with Crippen LogP contribution in [0.1, 0.15) is 50.6 Å². The van der Waals surface area contributed by atoms with Gasteiger partial charge in [0.2, 0.25) is 0 Å². The maximum atomic E-state index is 11.9. The topological polar surface area (TPSA) is 91.9 Å². The lowest BCUT2D eigenvalue weighted by molar-refractivity contribution is 0.0967. The predicted octanol–water partition coefficient (Wildman–Crippen LogP) is 3.46. The fraction of sp³-hybridized carbons (Fsp3) is 0.500. The number of carbonyl (C=O) groups is 1. The normalized spacial score (nSPS) is 23.9. The van der Waals surface area contributed by atoms with Crippen LogP contribution in [0.2, 0.25) is 0 Å². The highest BCUT2D eigenvalue weighted by Crippen LogP contribution is 2.37. The summed E-state index contributed by atoms with van der Waals surface area (Å²) in [6.45, 7) is 2.05. The molecule has 25 heavy (non-hydrogen) atoms. The highest BCUT2D eigenvalue weighted by molar-refractivity contribution is 5.69. The molecule has 0 aromatic carbocycles. The fourth-order valence-corrected chi connectivity index (χ4v) is 3.25. The lowest BCUT2D eigenvalue weighted by Crippen LogP contribution is -2.36. The van der Waals surface area contributed by atoms with Gasteiger partial charge in [0.05, 0.1) is 0 Å². The number of anilines is 2. The fourth-order valence-electron chi connectivity index (χ4n) is 3.25. The molecule has 4 rings (SSSR count). The van der Waals surface area contributed by atoms with Gasteiger partial charge in [0.15, 0.2) is 5.82 Å². The van der Waals surface area contributed by atoms with Crippen molar-refractivity contribution in [2.45, 2.75) is 56.6 Å². The second kappa shape index (κ2) is 6.38. The molecule has 2 aliphatic rings. The summed E-state index contributed by atoms with van der Waals surface area (Å²) in [6, 6.07) is 7.70. The van der Waals surface area contributed by atoms with Crippen LogP contribution < -0.4 is 10.6 Å². The van der Waals surface area contributed by atoms with Crippen molar-refractivity contribution >= 4 is 17.7 Å². The van der Waals surface area contributed by atoms with Crippen molar-refractivity contribution in [3.63, 3.8) is 0 Å². The molecule has 3 N–H and O–H groups in total. The summed E-state index contributed by atoms with van der Waals surface area (Å²) in [6.07, 6.45) is 6.20. The Balaban J connectivity index is 1.30.